The average molecular weight is 280 g/mol. The number of hydrazine groups is 1. The van der Waals surface area contributed by atoms with E-state index in [1.165, 1.54) is 35.7 Å². The maximum absolute atomic E-state index is 5.78. The summed E-state index contributed by atoms with van der Waals surface area (Å²) < 4.78 is 0. The minimum Gasteiger partial charge on any atom is -0.271 e. The zero-order valence-corrected chi connectivity index (χ0v) is 12.1. The Balaban J connectivity index is 1.61. The summed E-state index contributed by atoms with van der Waals surface area (Å²) in [7, 11) is 0. The lowest BCUT2D eigenvalue weighted by atomic mass is 9.74. The summed E-state index contributed by atoms with van der Waals surface area (Å²) in [5.41, 5.74) is 6.15. The van der Waals surface area contributed by atoms with Crippen molar-refractivity contribution in [3.63, 3.8) is 0 Å². The van der Waals surface area contributed by atoms with Crippen LogP contribution in [0, 0.1) is 0 Å². The van der Waals surface area contributed by atoms with Crippen molar-refractivity contribution in [2.75, 3.05) is 17.3 Å². The molecule has 1 heterocycles. The number of hydrogen-bond acceptors (Lipinski definition) is 4. The van der Waals surface area contributed by atoms with E-state index in [-0.39, 0.29) is 0 Å². The molecular weight excluding hydrogens is 260 g/mol. The Hall–Kier alpha value is -0.160. The van der Waals surface area contributed by atoms with Crippen molar-refractivity contribution in [2.24, 2.45) is 5.84 Å². The topological polar surface area (TPSA) is 38.0 Å². The molecule has 98 valence electrons. The molecule has 0 aromatic heterocycles. The molecule has 1 fully saturated rings. The summed E-state index contributed by atoms with van der Waals surface area (Å²) in [6.07, 6.45) is 2.42. The molecule has 2 aliphatic rings. The van der Waals surface area contributed by atoms with E-state index in [1.807, 2.05) is 0 Å². The number of nitrogens with one attached hydrogen (secondary N) is 1. The number of rotatable bonds is 4. The predicted molar refractivity (Wildman–Crippen MR) is 82.2 cm³/mol. The fourth-order valence-electron chi connectivity index (χ4n) is 2.94. The molecule has 3 unspecified atom stereocenters. The summed E-state index contributed by atoms with van der Waals surface area (Å²) >= 11 is 4.16. The summed E-state index contributed by atoms with van der Waals surface area (Å²) in [5, 5.41) is 0.682. The summed E-state index contributed by atoms with van der Waals surface area (Å²) in [4.78, 5) is 0. The van der Waals surface area contributed by atoms with Crippen LogP contribution in [0.4, 0.5) is 0 Å². The van der Waals surface area contributed by atoms with Gasteiger partial charge in [0.25, 0.3) is 0 Å². The van der Waals surface area contributed by atoms with E-state index in [0.717, 1.165) is 5.92 Å². The molecule has 0 bridgehead atoms. The Morgan fingerprint density at radius 2 is 2.22 bits per heavy atom. The number of benzene rings is 1. The number of nitrogens with two attached hydrogens (primary N) is 1. The van der Waals surface area contributed by atoms with Crippen molar-refractivity contribution < 1.29 is 0 Å². The molecule has 0 saturated carbocycles. The van der Waals surface area contributed by atoms with Gasteiger partial charge in [-0.15, -0.1) is 0 Å². The minimum atomic E-state index is 0.459. The molecule has 3 N–H and O–H groups in total. The Labute approximate surface area is 117 Å². The second-order valence-corrected chi connectivity index (χ2v) is 7.59. The van der Waals surface area contributed by atoms with Crippen LogP contribution in [0.1, 0.15) is 23.5 Å². The van der Waals surface area contributed by atoms with Gasteiger partial charge in [-0.1, -0.05) is 24.3 Å². The van der Waals surface area contributed by atoms with Crippen LogP contribution < -0.4 is 11.3 Å². The fourth-order valence-corrected chi connectivity index (χ4v) is 5.83. The molecule has 18 heavy (non-hydrogen) atoms. The summed E-state index contributed by atoms with van der Waals surface area (Å²) in [6, 6.07) is 9.28. The first-order chi connectivity index (χ1) is 8.88. The van der Waals surface area contributed by atoms with E-state index in [2.05, 4.69) is 53.2 Å². The maximum Gasteiger partial charge on any atom is 0.0343 e. The van der Waals surface area contributed by atoms with Crippen LogP contribution in [-0.2, 0) is 6.42 Å². The van der Waals surface area contributed by atoms with Gasteiger partial charge in [-0.2, -0.15) is 23.5 Å². The van der Waals surface area contributed by atoms with Gasteiger partial charge in [-0.25, -0.2) is 0 Å². The molecule has 4 heteroatoms. The van der Waals surface area contributed by atoms with E-state index in [9.17, 15) is 0 Å². The molecule has 3 rings (SSSR count). The third-order valence-corrected chi connectivity index (χ3v) is 6.92. The fraction of sp³-hybridized carbons (Fsp3) is 0.571. The van der Waals surface area contributed by atoms with Crippen molar-refractivity contribution in [3.05, 3.63) is 35.4 Å². The highest BCUT2D eigenvalue weighted by Crippen LogP contribution is 2.40. The monoisotopic (exact) mass is 280 g/mol. The Kier molecular flexibility index (Phi) is 4.19. The predicted octanol–water partition coefficient (Wildman–Crippen LogP) is 2.40. The first kappa shape index (κ1) is 12.9. The molecule has 1 aliphatic heterocycles. The lowest BCUT2D eigenvalue weighted by molar-refractivity contribution is 0.423. The van der Waals surface area contributed by atoms with Gasteiger partial charge in [0.1, 0.15) is 0 Å². The first-order valence-electron chi connectivity index (χ1n) is 6.61. The lowest BCUT2D eigenvalue weighted by Crippen LogP contribution is -2.46. The van der Waals surface area contributed by atoms with Crippen LogP contribution in [0.2, 0.25) is 0 Å². The maximum atomic E-state index is 5.78. The van der Waals surface area contributed by atoms with Gasteiger partial charge in [0, 0.05) is 28.6 Å². The largest absolute Gasteiger partial charge is 0.271 e. The van der Waals surface area contributed by atoms with Crippen molar-refractivity contribution >= 4 is 23.5 Å². The number of thioether (sulfide) groups is 2. The second-order valence-electron chi connectivity index (χ2n) is 5.09. The molecule has 0 spiro atoms. The van der Waals surface area contributed by atoms with E-state index in [4.69, 9.17) is 5.84 Å². The van der Waals surface area contributed by atoms with Crippen LogP contribution in [-0.4, -0.2) is 28.6 Å². The standard InChI is InChI=1S/C14H20N2S2/c15-16-13(14-9-17-5-6-18-14)8-11-7-10-3-1-2-4-12(10)11/h1-4,11,13-14,16H,5-9,15H2. The Morgan fingerprint density at radius 3 is 2.94 bits per heavy atom. The molecular formula is C14H20N2S2. The summed E-state index contributed by atoms with van der Waals surface area (Å²) in [6.45, 7) is 0. The van der Waals surface area contributed by atoms with E-state index >= 15 is 0 Å². The van der Waals surface area contributed by atoms with Gasteiger partial charge >= 0.3 is 0 Å². The molecule has 1 aromatic carbocycles. The van der Waals surface area contributed by atoms with E-state index < -0.39 is 0 Å². The molecule has 1 saturated heterocycles. The normalized spacial score (nSPS) is 28.3. The van der Waals surface area contributed by atoms with Gasteiger partial charge in [-0.3, -0.25) is 11.3 Å². The highest BCUT2D eigenvalue weighted by atomic mass is 32.2. The molecule has 2 nitrogen and oxygen atoms in total. The molecule has 0 radical (unpaired) electrons. The third kappa shape index (κ3) is 2.57. The number of hydrogen-bond donors (Lipinski definition) is 2. The van der Waals surface area contributed by atoms with Crippen LogP contribution in [0.5, 0.6) is 0 Å². The van der Waals surface area contributed by atoms with Crippen LogP contribution in [0.3, 0.4) is 0 Å². The number of fused-ring (bicyclic) bond motifs is 1. The van der Waals surface area contributed by atoms with Crippen LogP contribution in [0.15, 0.2) is 24.3 Å². The van der Waals surface area contributed by atoms with Crippen molar-refractivity contribution in [2.45, 2.75) is 30.1 Å². The zero-order valence-electron chi connectivity index (χ0n) is 10.5. The zero-order chi connectivity index (χ0) is 12.4. The smallest absolute Gasteiger partial charge is 0.0343 e. The van der Waals surface area contributed by atoms with Gasteiger partial charge < -0.3 is 0 Å². The highest BCUT2D eigenvalue weighted by molar-refractivity contribution is 8.06. The van der Waals surface area contributed by atoms with Crippen molar-refractivity contribution in [3.8, 4) is 0 Å². The molecule has 1 aromatic rings. The lowest BCUT2D eigenvalue weighted by Gasteiger charge is -2.36. The van der Waals surface area contributed by atoms with Gasteiger partial charge in [-0.05, 0) is 29.9 Å². The average Bonchev–Trinajstić information content (AvgIpc) is 2.41. The molecule has 3 atom stereocenters. The molecule has 1 aliphatic carbocycles. The first-order valence-corrected chi connectivity index (χ1v) is 8.82. The Morgan fingerprint density at radius 1 is 1.33 bits per heavy atom. The van der Waals surface area contributed by atoms with Crippen LogP contribution in [0.25, 0.3) is 0 Å². The molecule has 0 amide bonds. The second kappa shape index (κ2) is 5.87. The van der Waals surface area contributed by atoms with Crippen LogP contribution >= 0.6 is 23.5 Å². The van der Waals surface area contributed by atoms with Gasteiger partial charge in [0.15, 0.2) is 0 Å². The third-order valence-electron chi connectivity index (χ3n) is 4.00. The highest BCUT2D eigenvalue weighted by Gasteiger charge is 2.31. The SMILES string of the molecule is NNC(CC1Cc2ccccc21)C1CSCCS1. The van der Waals surface area contributed by atoms with Gasteiger partial charge in [0.2, 0.25) is 0 Å². The summed E-state index contributed by atoms with van der Waals surface area (Å²) in [5.74, 6) is 10.3. The minimum absolute atomic E-state index is 0.459. The van der Waals surface area contributed by atoms with Crippen molar-refractivity contribution in [1.29, 1.82) is 0 Å². The quantitative estimate of drug-likeness (QED) is 0.656. The van der Waals surface area contributed by atoms with Crippen molar-refractivity contribution in [1.82, 2.24) is 5.43 Å². The van der Waals surface area contributed by atoms with Gasteiger partial charge in [0.05, 0.1) is 0 Å². The van der Waals surface area contributed by atoms with E-state index in [0.29, 0.717) is 11.3 Å². The Bertz CT molecular complexity index is 405. The van der Waals surface area contributed by atoms with E-state index in [1.54, 1.807) is 5.56 Å².